The molecule has 1 fully saturated rings. The van der Waals surface area contributed by atoms with Crippen LogP contribution in [0.1, 0.15) is 81.6 Å². The zero-order chi connectivity index (χ0) is 38.6. The highest BCUT2D eigenvalue weighted by molar-refractivity contribution is 7.13. The van der Waals surface area contributed by atoms with Crippen LogP contribution in [0.25, 0.3) is 21.4 Å². The van der Waals surface area contributed by atoms with Gasteiger partial charge in [-0.05, 0) is 48.6 Å². The van der Waals surface area contributed by atoms with Crippen LogP contribution in [-0.4, -0.2) is 68.3 Å². The van der Waals surface area contributed by atoms with Gasteiger partial charge in [0.1, 0.15) is 29.5 Å². The molecule has 0 bridgehead atoms. The highest BCUT2D eigenvalue weighted by Crippen LogP contribution is 2.31. The van der Waals surface area contributed by atoms with Crippen LogP contribution in [0.4, 0.5) is 0 Å². The highest BCUT2D eigenvalue weighted by Gasteiger charge is 2.44. The minimum absolute atomic E-state index is 0.0451. The molecule has 1 aliphatic heterocycles. The molecule has 3 aromatic heterocycles. The number of aryl methyl sites for hydroxylation is 1. The molecule has 5 atom stereocenters. The van der Waals surface area contributed by atoms with Crippen LogP contribution in [0.2, 0.25) is 0 Å². The third-order valence-electron chi connectivity index (χ3n) is 9.69. The van der Waals surface area contributed by atoms with E-state index in [1.807, 2.05) is 101 Å². The van der Waals surface area contributed by atoms with Gasteiger partial charge in [-0.2, -0.15) is 0 Å². The van der Waals surface area contributed by atoms with Crippen molar-refractivity contribution in [1.29, 1.82) is 0 Å². The van der Waals surface area contributed by atoms with E-state index in [0.29, 0.717) is 16.9 Å². The average molecular weight is 751 g/mol. The second kappa shape index (κ2) is 16.3. The number of likely N-dealkylation sites (tertiary alicyclic amines) is 1. The van der Waals surface area contributed by atoms with Crippen LogP contribution >= 0.6 is 11.3 Å². The molecule has 282 valence electrons. The van der Waals surface area contributed by atoms with E-state index in [1.54, 1.807) is 29.8 Å². The Morgan fingerprint density at radius 1 is 0.963 bits per heavy atom. The SMILES string of the molecule is Cc1ncsc1-c1ccc(C(C)NC(=O)C2CC(O)CN2C(=O)C(NC(=O)CCC(=O)NC(c2cccnc2)c2cc3ccccc3o2)C(C)(C)C)cc1. The lowest BCUT2D eigenvalue weighted by Gasteiger charge is -2.35. The third-order valence-corrected chi connectivity index (χ3v) is 10.7. The molecule has 12 nitrogen and oxygen atoms in total. The number of aromatic nitrogens is 2. The number of furan rings is 1. The van der Waals surface area contributed by atoms with Crippen LogP contribution in [0, 0.1) is 12.3 Å². The number of hydrogen-bond acceptors (Lipinski definition) is 9. The number of nitrogens with zero attached hydrogens (tertiary/aromatic N) is 3. The van der Waals surface area contributed by atoms with Crippen molar-refractivity contribution < 1.29 is 28.7 Å². The van der Waals surface area contributed by atoms with Gasteiger partial charge in [-0.25, -0.2) is 4.98 Å². The minimum Gasteiger partial charge on any atom is -0.459 e. The van der Waals surface area contributed by atoms with Crippen molar-refractivity contribution in [1.82, 2.24) is 30.8 Å². The van der Waals surface area contributed by atoms with Gasteiger partial charge in [0.2, 0.25) is 23.6 Å². The molecule has 13 heteroatoms. The van der Waals surface area contributed by atoms with E-state index in [1.165, 1.54) is 4.90 Å². The van der Waals surface area contributed by atoms with E-state index in [4.69, 9.17) is 4.42 Å². The molecule has 1 aliphatic rings. The molecule has 1 saturated heterocycles. The minimum atomic E-state index is -1.02. The number of pyridine rings is 1. The number of aliphatic hydroxyl groups is 1. The molecule has 5 aromatic rings. The number of β-amino-alcohol motifs (C(OH)–C–C–N with tert-alkyl or cyclic N) is 1. The summed E-state index contributed by atoms with van der Waals surface area (Å²) in [7, 11) is 0. The molecule has 0 aliphatic carbocycles. The van der Waals surface area contributed by atoms with Crippen LogP contribution in [0.5, 0.6) is 0 Å². The smallest absolute Gasteiger partial charge is 0.246 e. The van der Waals surface area contributed by atoms with Gasteiger partial charge in [-0.1, -0.05) is 69.3 Å². The largest absolute Gasteiger partial charge is 0.459 e. The standard InChI is InChI=1S/C41H46N6O6S/c1-24(26-12-14-27(15-13-26)37-25(2)43-23-54-37)44-39(51)31-20-30(48)22-47(31)40(52)38(41(3,4)5)46-35(50)17-16-34(49)45-36(29-10-8-18-42-21-29)33-19-28-9-6-7-11-32(28)53-33/h6-15,18-19,21,23-24,30-31,36,38,48H,16-17,20,22H2,1-5H3,(H,44,51)(H,45,49)(H,46,50). The van der Waals surface area contributed by atoms with Gasteiger partial charge < -0.3 is 30.4 Å². The van der Waals surface area contributed by atoms with E-state index in [9.17, 15) is 24.3 Å². The summed E-state index contributed by atoms with van der Waals surface area (Å²) in [4.78, 5) is 65.3. The quantitative estimate of drug-likeness (QED) is 0.128. The number of carbonyl (C=O) groups is 4. The molecule has 2 aromatic carbocycles. The Hall–Kier alpha value is -5.40. The van der Waals surface area contributed by atoms with Crippen molar-refractivity contribution in [3.8, 4) is 10.4 Å². The van der Waals surface area contributed by atoms with Crippen molar-refractivity contribution in [3.05, 3.63) is 107 Å². The number of thiazole rings is 1. The average Bonchev–Trinajstić information content (AvgIpc) is 3.89. The van der Waals surface area contributed by atoms with Crippen LogP contribution in [0.15, 0.2) is 89.1 Å². The molecule has 4 heterocycles. The highest BCUT2D eigenvalue weighted by atomic mass is 32.1. The lowest BCUT2D eigenvalue weighted by Crippen LogP contribution is -2.57. The number of rotatable bonds is 12. The summed E-state index contributed by atoms with van der Waals surface area (Å²) in [5.41, 5.74) is 5.35. The fraction of sp³-hybridized carbons (Fsp3) is 0.366. The molecule has 4 amide bonds. The summed E-state index contributed by atoms with van der Waals surface area (Å²) in [6, 6.07) is 18.0. The Morgan fingerprint density at radius 2 is 1.69 bits per heavy atom. The van der Waals surface area contributed by atoms with Gasteiger partial charge in [0.25, 0.3) is 0 Å². The van der Waals surface area contributed by atoms with E-state index in [-0.39, 0.29) is 37.8 Å². The number of benzene rings is 2. The number of hydrogen-bond donors (Lipinski definition) is 4. The monoisotopic (exact) mass is 750 g/mol. The van der Waals surface area contributed by atoms with E-state index in [2.05, 4.69) is 25.9 Å². The maximum atomic E-state index is 14.1. The molecule has 54 heavy (non-hydrogen) atoms. The molecule has 5 unspecified atom stereocenters. The predicted molar refractivity (Wildman–Crippen MR) is 206 cm³/mol. The van der Waals surface area contributed by atoms with Gasteiger partial charge in [0.05, 0.1) is 28.2 Å². The molecular formula is C41H46N6O6S. The Balaban J connectivity index is 1.08. The lowest BCUT2D eigenvalue weighted by molar-refractivity contribution is -0.144. The maximum absolute atomic E-state index is 14.1. The fourth-order valence-electron chi connectivity index (χ4n) is 6.72. The van der Waals surface area contributed by atoms with Gasteiger partial charge in [0.15, 0.2) is 0 Å². The number of aliphatic hydroxyl groups excluding tert-OH is 1. The number of amides is 4. The maximum Gasteiger partial charge on any atom is 0.246 e. The van der Waals surface area contributed by atoms with Crippen molar-refractivity contribution in [2.45, 2.75) is 84.2 Å². The normalized spacial score (nSPS) is 17.5. The first-order chi connectivity index (χ1) is 25.8. The fourth-order valence-corrected chi connectivity index (χ4v) is 7.53. The molecule has 4 N–H and O–H groups in total. The number of para-hydroxylation sites is 1. The summed E-state index contributed by atoms with van der Waals surface area (Å²) in [6.07, 6.45) is 2.13. The second-order valence-corrected chi connectivity index (χ2v) is 15.7. The first kappa shape index (κ1) is 38.3. The summed E-state index contributed by atoms with van der Waals surface area (Å²) in [5, 5.41) is 20.3. The third kappa shape index (κ3) is 8.86. The molecular weight excluding hydrogens is 705 g/mol. The van der Waals surface area contributed by atoms with Gasteiger partial charge in [-0.3, -0.25) is 24.2 Å². The van der Waals surface area contributed by atoms with Crippen LogP contribution < -0.4 is 16.0 Å². The predicted octanol–water partition coefficient (Wildman–Crippen LogP) is 5.62. The summed E-state index contributed by atoms with van der Waals surface area (Å²) in [5.74, 6) is -1.22. The van der Waals surface area contributed by atoms with Gasteiger partial charge in [0, 0.05) is 49.2 Å². The Labute approximate surface area is 318 Å². The number of nitrogens with one attached hydrogen (secondary N) is 3. The lowest BCUT2D eigenvalue weighted by atomic mass is 9.85. The second-order valence-electron chi connectivity index (χ2n) is 14.9. The van der Waals surface area contributed by atoms with E-state index < -0.39 is 47.4 Å². The molecule has 0 saturated carbocycles. The number of fused-ring (bicyclic) bond motifs is 1. The van der Waals surface area contributed by atoms with Gasteiger partial charge in [-0.15, -0.1) is 11.3 Å². The summed E-state index contributed by atoms with van der Waals surface area (Å²) >= 11 is 1.57. The summed E-state index contributed by atoms with van der Waals surface area (Å²) in [6.45, 7) is 9.23. The van der Waals surface area contributed by atoms with Crippen molar-refractivity contribution in [2.75, 3.05) is 6.54 Å². The van der Waals surface area contributed by atoms with E-state index in [0.717, 1.165) is 27.1 Å². The van der Waals surface area contributed by atoms with Crippen LogP contribution in [0.3, 0.4) is 0 Å². The topological polar surface area (TPSA) is 167 Å². The van der Waals surface area contributed by atoms with Crippen molar-refractivity contribution in [3.63, 3.8) is 0 Å². The molecule has 6 rings (SSSR count). The van der Waals surface area contributed by atoms with Crippen LogP contribution in [-0.2, 0) is 19.2 Å². The Morgan fingerprint density at radius 3 is 2.33 bits per heavy atom. The zero-order valence-electron chi connectivity index (χ0n) is 31.0. The first-order valence-electron chi connectivity index (χ1n) is 18.0. The Bertz CT molecular complexity index is 2070. The Kier molecular flexibility index (Phi) is 11.6. The van der Waals surface area contributed by atoms with E-state index >= 15 is 0 Å². The number of carbonyl (C=O) groups excluding carboxylic acids is 4. The first-order valence-corrected chi connectivity index (χ1v) is 18.9. The van der Waals surface area contributed by atoms with Crippen molar-refractivity contribution >= 4 is 45.9 Å². The van der Waals surface area contributed by atoms with Gasteiger partial charge >= 0.3 is 0 Å². The molecule has 0 radical (unpaired) electrons. The van der Waals surface area contributed by atoms with Crippen molar-refractivity contribution in [2.24, 2.45) is 5.41 Å². The summed E-state index contributed by atoms with van der Waals surface area (Å²) < 4.78 is 6.06. The molecule has 0 spiro atoms. The zero-order valence-corrected chi connectivity index (χ0v) is 31.9.